The van der Waals surface area contributed by atoms with E-state index in [-0.39, 0.29) is 17.4 Å². The van der Waals surface area contributed by atoms with Crippen molar-refractivity contribution < 1.29 is 9.72 Å². The molecular weight excluding hydrogens is 274 g/mol. The van der Waals surface area contributed by atoms with Crippen molar-refractivity contribution in [2.45, 2.75) is 33.2 Å². The zero-order valence-electron chi connectivity index (χ0n) is 12.4. The van der Waals surface area contributed by atoms with E-state index < -0.39 is 16.9 Å². The van der Waals surface area contributed by atoms with E-state index in [1.165, 1.54) is 12.1 Å². The predicted molar refractivity (Wildman–Crippen MR) is 81.1 cm³/mol. The summed E-state index contributed by atoms with van der Waals surface area (Å²) in [5, 5.41) is 16.8. The molecule has 1 aromatic rings. The Morgan fingerprint density at radius 3 is 2.52 bits per heavy atom. The zero-order chi connectivity index (χ0) is 16.0. The smallest absolute Gasteiger partial charge is 0.276 e. The van der Waals surface area contributed by atoms with Gasteiger partial charge in [-0.05, 0) is 12.3 Å². The van der Waals surface area contributed by atoms with Gasteiger partial charge in [0.2, 0.25) is 5.91 Å². The lowest BCUT2D eigenvalue weighted by molar-refractivity contribution is -0.384. The van der Waals surface area contributed by atoms with Gasteiger partial charge in [-0.15, -0.1) is 0 Å². The number of primary amides is 1. The average molecular weight is 295 g/mol. The number of hydrogen-bond acceptors (Lipinski definition) is 6. The number of hydrogen-bond donors (Lipinski definition) is 3. The highest BCUT2D eigenvalue weighted by molar-refractivity contribution is 5.83. The van der Waals surface area contributed by atoms with E-state index in [9.17, 15) is 14.9 Å². The summed E-state index contributed by atoms with van der Waals surface area (Å²) in [7, 11) is 0. The molecule has 8 nitrogen and oxygen atoms in total. The van der Waals surface area contributed by atoms with Gasteiger partial charge >= 0.3 is 0 Å². The maximum atomic E-state index is 11.4. The molecule has 1 rings (SSSR count). The number of nitrogens with two attached hydrogens (primary N) is 1. The number of pyridine rings is 1. The number of nitrogens with one attached hydrogen (secondary N) is 2. The SMILES string of the molecule is CCCNc1cc([N+](=O)[O-])cc(NC(C(N)=O)C(C)C)n1. The fourth-order valence-corrected chi connectivity index (χ4v) is 1.76. The molecular formula is C13H21N5O3. The molecule has 0 aliphatic carbocycles. The Morgan fingerprint density at radius 1 is 1.43 bits per heavy atom. The van der Waals surface area contributed by atoms with E-state index >= 15 is 0 Å². The minimum absolute atomic E-state index is 0.0596. The highest BCUT2D eigenvalue weighted by atomic mass is 16.6. The van der Waals surface area contributed by atoms with Crippen LogP contribution in [-0.2, 0) is 4.79 Å². The number of amides is 1. The Kier molecular flexibility index (Phi) is 5.89. The molecule has 0 saturated heterocycles. The summed E-state index contributed by atoms with van der Waals surface area (Å²) in [4.78, 5) is 26.1. The predicted octanol–water partition coefficient (Wildman–Crippen LogP) is 1.73. The van der Waals surface area contributed by atoms with Crippen molar-refractivity contribution in [2.75, 3.05) is 17.2 Å². The summed E-state index contributed by atoms with van der Waals surface area (Å²) in [5.74, 6) is 0.0535. The Balaban J connectivity index is 3.06. The lowest BCUT2D eigenvalue weighted by Crippen LogP contribution is -2.39. The molecule has 0 radical (unpaired) electrons. The summed E-state index contributed by atoms with van der Waals surface area (Å²) >= 11 is 0. The number of carbonyl (C=O) groups is 1. The summed E-state index contributed by atoms with van der Waals surface area (Å²) in [6.45, 7) is 6.29. The lowest BCUT2D eigenvalue weighted by atomic mass is 10.0. The second-order valence-electron chi connectivity index (χ2n) is 5.05. The summed E-state index contributed by atoms with van der Waals surface area (Å²) in [6, 6.07) is 2.00. The zero-order valence-corrected chi connectivity index (χ0v) is 12.4. The Hall–Kier alpha value is -2.38. The van der Waals surface area contributed by atoms with Crippen molar-refractivity contribution in [2.24, 2.45) is 11.7 Å². The first kappa shape index (κ1) is 16.7. The van der Waals surface area contributed by atoms with Crippen LogP contribution in [0.5, 0.6) is 0 Å². The van der Waals surface area contributed by atoms with Gasteiger partial charge in [0, 0.05) is 6.54 Å². The highest BCUT2D eigenvalue weighted by Gasteiger charge is 2.21. The van der Waals surface area contributed by atoms with Gasteiger partial charge in [-0.25, -0.2) is 4.98 Å². The van der Waals surface area contributed by atoms with Crippen LogP contribution >= 0.6 is 0 Å². The lowest BCUT2D eigenvalue weighted by Gasteiger charge is -2.19. The molecule has 0 aromatic carbocycles. The quantitative estimate of drug-likeness (QED) is 0.495. The third-order valence-corrected chi connectivity index (χ3v) is 2.85. The molecule has 0 aliphatic rings. The summed E-state index contributed by atoms with van der Waals surface area (Å²) in [5.41, 5.74) is 5.22. The van der Waals surface area contributed by atoms with Crippen LogP contribution in [0.25, 0.3) is 0 Å². The number of carbonyl (C=O) groups excluding carboxylic acids is 1. The Labute approximate surface area is 123 Å². The van der Waals surface area contributed by atoms with Crippen molar-refractivity contribution >= 4 is 23.2 Å². The van der Waals surface area contributed by atoms with Gasteiger partial charge < -0.3 is 16.4 Å². The highest BCUT2D eigenvalue weighted by Crippen LogP contribution is 2.22. The first-order chi connectivity index (χ1) is 9.85. The molecule has 0 fully saturated rings. The van der Waals surface area contributed by atoms with E-state index in [0.717, 1.165) is 6.42 Å². The van der Waals surface area contributed by atoms with E-state index in [1.807, 2.05) is 20.8 Å². The van der Waals surface area contributed by atoms with Gasteiger partial charge in [0.25, 0.3) is 5.69 Å². The average Bonchev–Trinajstić information content (AvgIpc) is 2.41. The second kappa shape index (κ2) is 7.41. The minimum atomic E-state index is -0.640. The van der Waals surface area contributed by atoms with Crippen molar-refractivity contribution in [3.63, 3.8) is 0 Å². The molecule has 1 atom stereocenters. The van der Waals surface area contributed by atoms with Crippen LogP contribution in [0, 0.1) is 16.0 Å². The molecule has 0 bridgehead atoms. The summed E-state index contributed by atoms with van der Waals surface area (Å²) in [6.07, 6.45) is 0.864. The van der Waals surface area contributed by atoms with Gasteiger partial charge in [-0.2, -0.15) is 0 Å². The molecule has 116 valence electrons. The van der Waals surface area contributed by atoms with Crippen LogP contribution in [-0.4, -0.2) is 28.4 Å². The molecule has 8 heteroatoms. The van der Waals surface area contributed by atoms with Crippen LogP contribution < -0.4 is 16.4 Å². The van der Waals surface area contributed by atoms with Crippen molar-refractivity contribution in [1.82, 2.24) is 4.98 Å². The van der Waals surface area contributed by atoms with E-state index in [2.05, 4.69) is 15.6 Å². The van der Waals surface area contributed by atoms with Crippen LogP contribution in [0.3, 0.4) is 0 Å². The standard InChI is InChI=1S/C13H21N5O3/c1-4-5-15-10-6-9(18(20)21)7-11(16-10)17-12(8(2)3)13(14)19/h6-8,12H,4-5H2,1-3H3,(H2,14,19)(H2,15,16,17). The fraction of sp³-hybridized carbons (Fsp3) is 0.538. The Morgan fingerprint density at radius 2 is 2.05 bits per heavy atom. The minimum Gasteiger partial charge on any atom is -0.370 e. The molecule has 0 aliphatic heterocycles. The van der Waals surface area contributed by atoms with E-state index in [4.69, 9.17) is 5.73 Å². The number of nitrogens with zero attached hydrogens (tertiary/aromatic N) is 2. The number of aromatic nitrogens is 1. The largest absolute Gasteiger partial charge is 0.370 e. The number of rotatable bonds is 8. The topological polar surface area (TPSA) is 123 Å². The maximum Gasteiger partial charge on any atom is 0.276 e. The molecule has 1 amide bonds. The molecule has 4 N–H and O–H groups in total. The molecule has 1 heterocycles. The second-order valence-corrected chi connectivity index (χ2v) is 5.05. The normalized spacial score (nSPS) is 12.0. The van der Waals surface area contributed by atoms with Crippen LogP contribution in [0.1, 0.15) is 27.2 Å². The fourth-order valence-electron chi connectivity index (χ4n) is 1.76. The molecule has 0 saturated carbocycles. The maximum absolute atomic E-state index is 11.4. The number of nitro groups is 1. The van der Waals surface area contributed by atoms with Gasteiger partial charge in [-0.1, -0.05) is 20.8 Å². The Bertz CT molecular complexity index is 519. The molecule has 0 spiro atoms. The van der Waals surface area contributed by atoms with Gasteiger partial charge in [0.05, 0.1) is 17.1 Å². The first-order valence-corrected chi connectivity index (χ1v) is 6.81. The molecule has 21 heavy (non-hydrogen) atoms. The third kappa shape index (κ3) is 4.90. The third-order valence-electron chi connectivity index (χ3n) is 2.85. The monoisotopic (exact) mass is 295 g/mol. The molecule has 1 unspecified atom stereocenters. The number of anilines is 2. The first-order valence-electron chi connectivity index (χ1n) is 6.81. The van der Waals surface area contributed by atoms with E-state index in [1.54, 1.807) is 0 Å². The van der Waals surface area contributed by atoms with E-state index in [0.29, 0.717) is 12.4 Å². The van der Waals surface area contributed by atoms with Gasteiger partial charge in [0.1, 0.15) is 17.7 Å². The van der Waals surface area contributed by atoms with Crippen molar-refractivity contribution in [3.8, 4) is 0 Å². The van der Waals surface area contributed by atoms with Crippen LogP contribution in [0.2, 0.25) is 0 Å². The van der Waals surface area contributed by atoms with Crippen molar-refractivity contribution in [3.05, 3.63) is 22.2 Å². The van der Waals surface area contributed by atoms with Crippen LogP contribution in [0.15, 0.2) is 12.1 Å². The van der Waals surface area contributed by atoms with Gasteiger partial charge in [-0.3, -0.25) is 14.9 Å². The summed E-state index contributed by atoms with van der Waals surface area (Å²) < 4.78 is 0. The van der Waals surface area contributed by atoms with Gasteiger partial charge in [0.15, 0.2) is 0 Å². The van der Waals surface area contributed by atoms with Crippen LogP contribution in [0.4, 0.5) is 17.3 Å². The molecule has 1 aromatic heterocycles. The van der Waals surface area contributed by atoms with Crippen molar-refractivity contribution in [1.29, 1.82) is 0 Å².